The van der Waals surface area contributed by atoms with Crippen LogP contribution in [0.1, 0.15) is 19.2 Å². The van der Waals surface area contributed by atoms with E-state index in [1.54, 1.807) is 6.20 Å². The molecule has 1 saturated heterocycles. The fourth-order valence-corrected chi connectivity index (χ4v) is 1.99. The molecule has 0 aliphatic carbocycles. The molecule has 1 aliphatic rings. The molecule has 1 fully saturated rings. The van der Waals surface area contributed by atoms with Crippen LogP contribution in [-0.4, -0.2) is 46.7 Å². The van der Waals surface area contributed by atoms with Crippen molar-refractivity contribution in [2.45, 2.75) is 26.3 Å². The molecule has 2 heterocycles. The summed E-state index contributed by atoms with van der Waals surface area (Å²) in [4.78, 5) is 18.2. The second-order valence-corrected chi connectivity index (χ2v) is 4.21. The fraction of sp³-hybridized carbons (Fsp3) is 0.667. The molecule has 0 atom stereocenters. The summed E-state index contributed by atoms with van der Waals surface area (Å²) in [6, 6.07) is 0. The summed E-state index contributed by atoms with van der Waals surface area (Å²) < 4.78 is 7.18. The Morgan fingerprint density at radius 1 is 1.47 bits per heavy atom. The molecule has 0 spiro atoms. The van der Waals surface area contributed by atoms with Crippen LogP contribution in [0.3, 0.4) is 0 Å². The maximum absolute atomic E-state index is 12.0. The molecule has 5 nitrogen and oxygen atoms in total. The third-order valence-electron chi connectivity index (χ3n) is 2.94. The first-order valence-corrected chi connectivity index (χ1v) is 6.16. The number of carbonyl (C=O) groups is 1. The van der Waals surface area contributed by atoms with E-state index in [9.17, 15) is 4.79 Å². The zero-order valence-electron chi connectivity index (χ0n) is 10.3. The number of rotatable bonds is 4. The van der Waals surface area contributed by atoms with Crippen LogP contribution in [0.25, 0.3) is 0 Å². The summed E-state index contributed by atoms with van der Waals surface area (Å²) in [5.74, 6) is 1.15. The summed E-state index contributed by atoms with van der Waals surface area (Å²) in [6.07, 6.45) is 5.60. The number of imidazole rings is 1. The second kappa shape index (κ2) is 5.82. The van der Waals surface area contributed by atoms with E-state index in [1.807, 2.05) is 15.7 Å². The van der Waals surface area contributed by atoms with Crippen LogP contribution in [0.5, 0.6) is 0 Å². The van der Waals surface area contributed by atoms with Gasteiger partial charge in [0.15, 0.2) is 0 Å². The molecule has 1 aromatic heterocycles. The third-order valence-corrected chi connectivity index (χ3v) is 2.94. The second-order valence-electron chi connectivity index (χ2n) is 4.21. The Bertz CT molecular complexity index is 370. The predicted molar refractivity (Wildman–Crippen MR) is 63.6 cm³/mol. The first-order valence-electron chi connectivity index (χ1n) is 6.16. The van der Waals surface area contributed by atoms with Crippen molar-refractivity contribution in [1.29, 1.82) is 0 Å². The first kappa shape index (κ1) is 12.1. The monoisotopic (exact) mass is 237 g/mol. The summed E-state index contributed by atoms with van der Waals surface area (Å²) in [5, 5.41) is 0. The van der Waals surface area contributed by atoms with Gasteiger partial charge < -0.3 is 14.2 Å². The van der Waals surface area contributed by atoms with E-state index in [-0.39, 0.29) is 5.91 Å². The van der Waals surface area contributed by atoms with Crippen molar-refractivity contribution >= 4 is 5.91 Å². The van der Waals surface area contributed by atoms with E-state index in [0.29, 0.717) is 32.8 Å². The zero-order chi connectivity index (χ0) is 12.1. The SMILES string of the molecule is CCCc1nccn1CC(=O)N1CCOCC1. The van der Waals surface area contributed by atoms with Crippen LogP contribution in [0, 0.1) is 0 Å². The highest BCUT2D eigenvalue weighted by Gasteiger charge is 2.17. The number of amides is 1. The van der Waals surface area contributed by atoms with Crippen molar-refractivity contribution in [1.82, 2.24) is 14.5 Å². The van der Waals surface area contributed by atoms with Gasteiger partial charge in [-0.2, -0.15) is 0 Å². The molecule has 2 rings (SSSR count). The summed E-state index contributed by atoms with van der Waals surface area (Å²) >= 11 is 0. The lowest BCUT2D eigenvalue weighted by atomic mass is 10.3. The maximum atomic E-state index is 12.0. The number of hydrogen-bond donors (Lipinski definition) is 0. The van der Waals surface area contributed by atoms with Gasteiger partial charge in [0.25, 0.3) is 0 Å². The van der Waals surface area contributed by atoms with Gasteiger partial charge >= 0.3 is 0 Å². The number of morpholine rings is 1. The van der Waals surface area contributed by atoms with E-state index >= 15 is 0 Å². The maximum Gasteiger partial charge on any atom is 0.242 e. The molecule has 0 radical (unpaired) electrons. The molecule has 0 aromatic carbocycles. The molecule has 0 bridgehead atoms. The molecule has 0 unspecified atom stereocenters. The summed E-state index contributed by atoms with van der Waals surface area (Å²) in [5.41, 5.74) is 0. The minimum Gasteiger partial charge on any atom is -0.378 e. The van der Waals surface area contributed by atoms with Crippen LogP contribution in [0.15, 0.2) is 12.4 Å². The van der Waals surface area contributed by atoms with E-state index in [4.69, 9.17) is 4.74 Å². The van der Waals surface area contributed by atoms with Gasteiger partial charge in [0.1, 0.15) is 12.4 Å². The number of ether oxygens (including phenoxy) is 1. The van der Waals surface area contributed by atoms with E-state index in [1.165, 1.54) is 0 Å². The average molecular weight is 237 g/mol. The summed E-state index contributed by atoms with van der Waals surface area (Å²) in [6.45, 7) is 5.22. The van der Waals surface area contributed by atoms with Gasteiger partial charge in [0.2, 0.25) is 5.91 Å². The molecule has 0 saturated carbocycles. The normalized spacial score (nSPS) is 16.2. The highest BCUT2D eigenvalue weighted by Crippen LogP contribution is 2.04. The van der Waals surface area contributed by atoms with Gasteiger partial charge in [0, 0.05) is 31.9 Å². The number of carbonyl (C=O) groups excluding carboxylic acids is 1. The highest BCUT2D eigenvalue weighted by molar-refractivity contribution is 5.76. The van der Waals surface area contributed by atoms with Gasteiger partial charge in [0.05, 0.1) is 13.2 Å². The molecule has 94 valence electrons. The van der Waals surface area contributed by atoms with Crippen LogP contribution in [0.2, 0.25) is 0 Å². The van der Waals surface area contributed by atoms with E-state index in [0.717, 1.165) is 18.7 Å². The number of aryl methyl sites for hydroxylation is 1. The predicted octanol–water partition coefficient (Wildman–Crippen LogP) is 0.694. The van der Waals surface area contributed by atoms with Crippen molar-refractivity contribution in [2.75, 3.05) is 26.3 Å². The Labute approximate surface area is 101 Å². The minimum absolute atomic E-state index is 0.156. The van der Waals surface area contributed by atoms with Crippen LogP contribution >= 0.6 is 0 Å². The Kier molecular flexibility index (Phi) is 4.14. The third kappa shape index (κ3) is 3.06. The largest absolute Gasteiger partial charge is 0.378 e. The van der Waals surface area contributed by atoms with Gasteiger partial charge in [-0.15, -0.1) is 0 Å². The van der Waals surface area contributed by atoms with Gasteiger partial charge in [-0.25, -0.2) is 4.98 Å². The lowest BCUT2D eigenvalue weighted by Crippen LogP contribution is -2.42. The fourth-order valence-electron chi connectivity index (χ4n) is 1.99. The molecule has 17 heavy (non-hydrogen) atoms. The van der Waals surface area contributed by atoms with Crippen molar-refractivity contribution in [3.05, 3.63) is 18.2 Å². The Balaban J connectivity index is 1.94. The molecule has 1 amide bonds. The quantitative estimate of drug-likeness (QED) is 0.774. The first-order chi connectivity index (χ1) is 8.31. The van der Waals surface area contributed by atoms with E-state index < -0.39 is 0 Å². The molecule has 1 aliphatic heterocycles. The molecule has 1 aromatic rings. The van der Waals surface area contributed by atoms with Gasteiger partial charge in [-0.05, 0) is 6.42 Å². The molecular formula is C12H19N3O2. The summed E-state index contributed by atoms with van der Waals surface area (Å²) in [7, 11) is 0. The van der Waals surface area contributed by atoms with Crippen molar-refractivity contribution in [2.24, 2.45) is 0 Å². The van der Waals surface area contributed by atoms with Crippen LogP contribution < -0.4 is 0 Å². The van der Waals surface area contributed by atoms with Crippen molar-refractivity contribution < 1.29 is 9.53 Å². The van der Waals surface area contributed by atoms with Crippen LogP contribution in [-0.2, 0) is 22.5 Å². The highest BCUT2D eigenvalue weighted by atomic mass is 16.5. The smallest absolute Gasteiger partial charge is 0.242 e. The Morgan fingerprint density at radius 3 is 2.94 bits per heavy atom. The van der Waals surface area contributed by atoms with Crippen LogP contribution in [0.4, 0.5) is 0 Å². The van der Waals surface area contributed by atoms with Gasteiger partial charge in [-0.3, -0.25) is 4.79 Å². The molecule has 5 heteroatoms. The molecular weight excluding hydrogens is 218 g/mol. The number of hydrogen-bond acceptors (Lipinski definition) is 3. The average Bonchev–Trinajstić information content (AvgIpc) is 2.78. The number of nitrogens with zero attached hydrogens (tertiary/aromatic N) is 3. The zero-order valence-corrected chi connectivity index (χ0v) is 10.3. The van der Waals surface area contributed by atoms with Crippen molar-refractivity contribution in [3.63, 3.8) is 0 Å². The Morgan fingerprint density at radius 2 is 2.24 bits per heavy atom. The number of aromatic nitrogens is 2. The minimum atomic E-state index is 0.156. The van der Waals surface area contributed by atoms with Gasteiger partial charge in [-0.1, -0.05) is 6.92 Å². The standard InChI is InChI=1S/C12H19N3O2/c1-2-3-11-13-4-5-15(11)10-12(16)14-6-8-17-9-7-14/h4-5H,2-3,6-10H2,1H3. The van der Waals surface area contributed by atoms with Crippen molar-refractivity contribution in [3.8, 4) is 0 Å². The lowest BCUT2D eigenvalue weighted by Gasteiger charge is -2.27. The van der Waals surface area contributed by atoms with E-state index in [2.05, 4.69) is 11.9 Å². The lowest BCUT2D eigenvalue weighted by molar-refractivity contribution is -0.135. The topological polar surface area (TPSA) is 47.4 Å². The Hall–Kier alpha value is -1.36. The molecule has 0 N–H and O–H groups in total.